The summed E-state index contributed by atoms with van der Waals surface area (Å²) in [6.07, 6.45) is 0.827. The van der Waals surface area contributed by atoms with Gasteiger partial charge in [-0.05, 0) is 42.3 Å². The Bertz CT molecular complexity index is 695. The number of ketones is 1. The summed E-state index contributed by atoms with van der Waals surface area (Å²) in [5, 5.41) is 2.57. The molecule has 126 valence electrons. The number of amides is 1. The molecule has 2 aromatic carbocycles. The summed E-state index contributed by atoms with van der Waals surface area (Å²) in [7, 11) is 1.56. The molecule has 0 heterocycles. The minimum atomic E-state index is -0.331. The number of methoxy groups -OCH3 is 1. The molecule has 2 aromatic rings. The highest BCUT2D eigenvalue weighted by atomic mass is 16.5. The number of benzene rings is 2. The van der Waals surface area contributed by atoms with Gasteiger partial charge in [-0.1, -0.05) is 25.1 Å². The van der Waals surface area contributed by atoms with Crippen LogP contribution in [0.15, 0.2) is 48.5 Å². The van der Waals surface area contributed by atoms with Gasteiger partial charge in [0.05, 0.1) is 13.7 Å². The van der Waals surface area contributed by atoms with Crippen LogP contribution in [0.2, 0.25) is 0 Å². The Balaban J connectivity index is 1.81. The molecule has 0 unspecified atom stereocenters. The minimum Gasteiger partial charge on any atom is -0.497 e. The third kappa shape index (κ3) is 4.84. The van der Waals surface area contributed by atoms with Gasteiger partial charge in [-0.15, -0.1) is 0 Å². The molecule has 0 fully saturated rings. The summed E-state index contributed by atoms with van der Waals surface area (Å²) in [5.74, 6) is 0.873. The van der Waals surface area contributed by atoms with Crippen molar-refractivity contribution < 1.29 is 19.1 Å². The van der Waals surface area contributed by atoms with Gasteiger partial charge < -0.3 is 14.8 Å². The second kappa shape index (κ2) is 8.72. The molecule has 0 aliphatic heterocycles. The van der Waals surface area contributed by atoms with Crippen LogP contribution in [0.25, 0.3) is 0 Å². The molecule has 5 heteroatoms. The van der Waals surface area contributed by atoms with Crippen molar-refractivity contribution in [2.45, 2.75) is 13.3 Å². The number of ether oxygens (including phenoxy) is 2. The van der Waals surface area contributed by atoms with Gasteiger partial charge in [-0.3, -0.25) is 9.59 Å². The van der Waals surface area contributed by atoms with E-state index in [1.54, 1.807) is 31.4 Å². The molecule has 0 spiro atoms. The van der Waals surface area contributed by atoms with Gasteiger partial charge in [0.15, 0.2) is 12.4 Å². The van der Waals surface area contributed by atoms with Crippen molar-refractivity contribution in [3.63, 3.8) is 0 Å². The number of aryl methyl sites for hydroxylation is 1. The van der Waals surface area contributed by atoms with Crippen molar-refractivity contribution in [2.75, 3.05) is 20.3 Å². The second-order valence-electron chi connectivity index (χ2n) is 5.18. The predicted molar refractivity (Wildman–Crippen MR) is 91.6 cm³/mol. The molecule has 0 aliphatic carbocycles. The smallest absolute Gasteiger partial charge is 0.258 e. The van der Waals surface area contributed by atoms with Crippen molar-refractivity contribution in [3.8, 4) is 11.5 Å². The highest BCUT2D eigenvalue weighted by Gasteiger charge is 2.10. The van der Waals surface area contributed by atoms with E-state index in [2.05, 4.69) is 5.32 Å². The van der Waals surface area contributed by atoms with E-state index in [1.807, 2.05) is 31.2 Å². The number of carbonyl (C=O) groups excluding carboxylic acids is 2. The number of hydrogen-bond donors (Lipinski definition) is 1. The van der Waals surface area contributed by atoms with E-state index >= 15 is 0 Å². The fourth-order valence-corrected chi connectivity index (χ4v) is 2.19. The average Bonchev–Trinajstić information content (AvgIpc) is 2.64. The van der Waals surface area contributed by atoms with Crippen molar-refractivity contribution in [1.29, 1.82) is 0 Å². The van der Waals surface area contributed by atoms with E-state index in [0.29, 0.717) is 17.1 Å². The fourth-order valence-electron chi connectivity index (χ4n) is 2.19. The van der Waals surface area contributed by atoms with E-state index in [0.717, 1.165) is 12.0 Å². The van der Waals surface area contributed by atoms with Gasteiger partial charge in [-0.2, -0.15) is 0 Å². The van der Waals surface area contributed by atoms with E-state index in [4.69, 9.17) is 9.47 Å². The lowest BCUT2D eigenvalue weighted by Gasteiger charge is -2.10. The Morgan fingerprint density at radius 1 is 1.04 bits per heavy atom. The molecule has 0 aromatic heterocycles. The Morgan fingerprint density at radius 3 is 2.42 bits per heavy atom. The van der Waals surface area contributed by atoms with Gasteiger partial charge in [0.2, 0.25) is 0 Å². The minimum absolute atomic E-state index is 0.0655. The van der Waals surface area contributed by atoms with Crippen LogP contribution in [0, 0.1) is 0 Å². The molecule has 0 saturated heterocycles. The molecular formula is C19H21NO4. The average molecular weight is 327 g/mol. The first kappa shape index (κ1) is 17.5. The van der Waals surface area contributed by atoms with E-state index < -0.39 is 0 Å². The standard InChI is InChI=1S/C19H21NO4/c1-3-14-6-4-5-7-18(14)24-13-19(22)20-12-17(21)15-8-10-16(23-2)11-9-15/h4-11H,3,12-13H2,1-2H3,(H,20,22). The number of Topliss-reactive ketones (excluding diaryl/α,β-unsaturated/α-hetero) is 1. The van der Waals surface area contributed by atoms with Gasteiger partial charge in [0.1, 0.15) is 11.5 Å². The summed E-state index contributed by atoms with van der Waals surface area (Å²) < 4.78 is 10.6. The SMILES string of the molecule is CCc1ccccc1OCC(=O)NCC(=O)c1ccc(OC)cc1. The lowest BCUT2D eigenvalue weighted by molar-refractivity contribution is -0.122. The number of nitrogens with one attached hydrogen (secondary N) is 1. The Hall–Kier alpha value is -2.82. The second-order valence-corrected chi connectivity index (χ2v) is 5.18. The van der Waals surface area contributed by atoms with Crippen LogP contribution in [0.5, 0.6) is 11.5 Å². The number of carbonyl (C=O) groups is 2. The van der Waals surface area contributed by atoms with Crippen LogP contribution in [0.1, 0.15) is 22.8 Å². The Morgan fingerprint density at radius 2 is 1.75 bits per heavy atom. The van der Waals surface area contributed by atoms with Crippen molar-refractivity contribution in [2.24, 2.45) is 0 Å². The van der Waals surface area contributed by atoms with Crippen LogP contribution >= 0.6 is 0 Å². The number of hydrogen-bond acceptors (Lipinski definition) is 4. The highest BCUT2D eigenvalue weighted by molar-refractivity contribution is 5.99. The third-order valence-electron chi connectivity index (χ3n) is 3.57. The lowest BCUT2D eigenvalue weighted by atomic mass is 10.1. The first-order valence-electron chi connectivity index (χ1n) is 7.78. The van der Waals surface area contributed by atoms with Gasteiger partial charge >= 0.3 is 0 Å². The molecule has 1 amide bonds. The van der Waals surface area contributed by atoms with Crippen LogP contribution in [0.4, 0.5) is 0 Å². The molecule has 0 atom stereocenters. The van der Waals surface area contributed by atoms with E-state index in [9.17, 15) is 9.59 Å². The van der Waals surface area contributed by atoms with Gasteiger partial charge in [-0.25, -0.2) is 0 Å². The molecule has 5 nitrogen and oxygen atoms in total. The largest absolute Gasteiger partial charge is 0.497 e. The third-order valence-corrected chi connectivity index (χ3v) is 3.57. The van der Waals surface area contributed by atoms with Crippen LogP contribution in [-0.2, 0) is 11.2 Å². The first-order chi connectivity index (χ1) is 11.6. The van der Waals surface area contributed by atoms with Crippen molar-refractivity contribution in [1.82, 2.24) is 5.32 Å². The summed E-state index contributed by atoms with van der Waals surface area (Å²) in [4.78, 5) is 23.9. The highest BCUT2D eigenvalue weighted by Crippen LogP contribution is 2.18. The number of rotatable bonds is 8. The Labute approximate surface area is 141 Å². The maximum absolute atomic E-state index is 12.0. The van der Waals surface area contributed by atoms with Crippen molar-refractivity contribution in [3.05, 3.63) is 59.7 Å². The van der Waals surface area contributed by atoms with Crippen LogP contribution in [0.3, 0.4) is 0 Å². The maximum atomic E-state index is 12.0. The quantitative estimate of drug-likeness (QED) is 0.757. The molecule has 1 N–H and O–H groups in total. The number of para-hydroxylation sites is 1. The Kier molecular flexibility index (Phi) is 6.37. The zero-order chi connectivity index (χ0) is 17.4. The zero-order valence-electron chi connectivity index (χ0n) is 13.9. The normalized spacial score (nSPS) is 10.1. The van der Waals surface area contributed by atoms with E-state index in [-0.39, 0.29) is 24.8 Å². The molecular weight excluding hydrogens is 306 g/mol. The summed E-state index contributed by atoms with van der Waals surface area (Å²) in [6, 6.07) is 14.3. The maximum Gasteiger partial charge on any atom is 0.258 e. The van der Waals surface area contributed by atoms with Gasteiger partial charge in [0, 0.05) is 5.56 Å². The monoisotopic (exact) mass is 327 g/mol. The molecule has 0 bridgehead atoms. The molecule has 0 saturated carbocycles. The van der Waals surface area contributed by atoms with Crippen LogP contribution < -0.4 is 14.8 Å². The summed E-state index contributed by atoms with van der Waals surface area (Å²) in [6.45, 7) is 1.84. The molecule has 0 radical (unpaired) electrons. The molecule has 2 rings (SSSR count). The first-order valence-corrected chi connectivity index (χ1v) is 7.78. The topological polar surface area (TPSA) is 64.6 Å². The lowest BCUT2D eigenvalue weighted by Crippen LogP contribution is -2.33. The predicted octanol–water partition coefficient (Wildman–Crippen LogP) is 2.64. The molecule has 24 heavy (non-hydrogen) atoms. The van der Waals surface area contributed by atoms with Gasteiger partial charge in [0.25, 0.3) is 5.91 Å². The zero-order valence-corrected chi connectivity index (χ0v) is 13.9. The summed E-state index contributed by atoms with van der Waals surface area (Å²) >= 11 is 0. The fraction of sp³-hybridized carbons (Fsp3) is 0.263. The van der Waals surface area contributed by atoms with Crippen LogP contribution in [-0.4, -0.2) is 32.0 Å². The molecule has 0 aliphatic rings. The van der Waals surface area contributed by atoms with Crippen molar-refractivity contribution >= 4 is 11.7 Å². The summed E-state index contributed by atoms with van der Waals surface area (Å²) in [5.41, 5.74) is 1.56. The van der Waals surface area contributed by atoms with E-state index in [1.165, 1.54) is 0 Å².